The molecule has 8 rings (SSSR count). The van der Waals surface area contributed by atoms with Gasteiger partial charge in [-0.05, 0) is 79.4 Å². The largest absolute Gasteiger partial charge is 0.497 e. The fourth-order valence-electron chi connectivity index (χ4n) is 9.64. The van der Waals surface area contributed by atoms with Crippen LogP contribution in [0.15, 0.2) is 109 Å². The molecule has 12 heteroatoms. The molecule has 3 aliphatic heterocycles. The highest BCUT2D eigenvalue weighted by molar-refractivity contribution is 6.91. The van der Waals surface area contributed by atoms with Crippen LogP contribution in [0.2, 0.25) is 18.6 Å². The number of aromatic nitrogens is 3. The maximum absolute atomic E-state index is 15.4. The van der Waals surface area contributed by atoms with Gasteiger partial charge in [0.05, 0.1) is 51.1 Å². The third-order valence-corrected chi connectivity index (χ3v) is 17.0. The van der Waals surface area contributed by atoms with E-state index < -0.39 is 13.7 Å². The third-order valence-electron chi connectivity index (χ3n) is 12.6. The highest BCUT2D eigenvalue weighted by Gasteiger charge is 2.66. The number of nitrogens with one attached hydrogen (secondary N) is 2. The van der Waals surface area contributed by atoms with E-state index >= 15 is 4.79 Å². The van der Waals surface area contributed by atoms with Gasteiger partial charge in [-0.15, -0.1) is 5.10 Å². The van der Waals surface area contributed by atoms with Crippen LogP contribution in [0.25, 0.3) is 0 Å². The fraction of sp³-hybridized carbons (Fsp3) is 0.378. The van der Waals surface area contributed by atoms with Crippen molar-refractivity contribution in [3.8, 4) is 5.75 Å². The van der Waals surface area contributed by atoms with E-state index in [1.54, 1.807) is 12.0 Å². The molecule has 4 aromatic carbocycles. The molecule has 1 spiro atoms. The van der Waals surface area contributed by atoms with Crippen LogP contribution < -0.4 is 25.5 Å². The second-order valence-corrected chi connectivity index (χ2v) is 20.9. The van der Waals surface area contributed by atoms with Gasteiger partial charge in [0.25, 0.3) is 5.91 Å². The van der Waals surface area contributed by atoms with Crippen LogP contribution in [0.3, 0.4) is 0 Å². The molecule has 2 fully saturated rings. The Bertz CT molecular complexity index is 2190. The van der Waals surface area contributed by atoms with Gasteiger partial charge >= 0.3 is 0 Å². The molecule has 2 amide bonds. The number of amides is 2. The number of carbonyl (C=O) groups excluding carboxylic acids is 2. The summed E-state index contributed by atoms with van der Waals surface area (Å²) in [5.41, 5.74) is 3.31. The molecule has 57 heavy (non-hydrogen) atoms. The molecule has 5 aromatic rings. The number of aliphatic hydroxyl groups excluding tert-OH is 1. The highest BCUT2D eigenvalue weighted by atomic mass is 28.3. The Kier molecular flexibility index (Phi) is 10.9. The van der Waals surface area contributed by atoms with Gasteiger partial charge < -0.3 is 25.2 Å². The number of benzene rings is 4. The van der Waals surface area contributed by atoms with E-state index in [1.807, 2.05) is 102 Å². The first-order valence-corrected chi connectivity index (χ1v) is 23.2. The Labute approximate surface area is 335 Å². The molecule has 2 unspecified atom stereocenters. The maximum Gasteiger partial charge on any atom is 0.268 e. The van der Waals surface area contributed by atoms with Crippen LogP contribution in [-0.4, -0.2) is 72.9 Å². The summed E-state index contributed by atoms with van der Waals surface area (Å²) in [5.74, 6) is 0.00629. The van der Waals surface area contributed by atoms with Crippen molar-refractivity contribution in [1.82, 2.24) is 20.3 Å². The summed E-state index contributed by atoms with van der Waals surface area (Å²) in [5, 5.41) is 27.1. The number of fused-ring (bicyclic) bond motifs is 2. The zero-order valence-electron chi connectivity index (χ0n) is 33.1. The van der Waals surface area contributed by atoms with E-state index in [2.05, 4.69) is 53.1 Å². The number of rotatable bonds is 12. The van der Waals surface area contributed by atoms with Gasteiger partial charge in [0.2, 0.25) is 5.91 Å². The highest BCUT2D eigenvalue weighted by Crippen LogP contribution is 2.61. The number of methoxy groups -OCH3 is 1. The number of ether oxygens (including phenoxy) is 2. The smallest absolute Gasteiger partial charge is 0.268 e. The average Bonchev–Trinajstić information content (AvgIpc) is 3.91. The van der Waals surface area contributed by atoms with Crippen molar-refractivity contribution in [3.05, 3.63) is 126 Å². The van der Waals surface area contributed by atoms with Crippen molar-refractivity contribution >= 4 is 42.1 Å². The first-order chi connectivity index (χ1) is 27.6. The topological polar surface area (TPSA) is 131 Å². The average molecular weight is 785 g/mol. The predicted molar refractivity (Wildman–Crippen MR) is 224 cm³/mol. The van der Waals surface area contributed by atoms with Crippen molar-refractivity contribution in [1.29, 1.82) is 0 Å². The zero-order valence-corrected chi connectivity index (χ0v) is 34.1. The van der Waals surface area contributed by atoms with Crippen LogP contribution in [0, 0.1) is 11.8 Å². The Morgan fingerprint density at radius 3 is 2.47 bits per heavy atom. The SMILES string of the molecule is COc1ccc([Si](C)(C)[C@H]2[C@H](CCn3cc(C(CO)c4ccccc4)nn3)O[C@@]3(C(=O)N(c4ccccc4)c4ccc(NC(=O)C5CCCNC5)cc43)[C@@H]2C)cc1. The Morgan fingerprint density at radius 1 is 1.05 bits per heavy atom. The Morgan fingerprint density at radius 2 is 1.79 bits per heavy atom. The lowest BCUT2D eigenvalue weighted by Gasteiger charge is -2.37. The normalized spacial score (nSPS) is 23.7. The summed E-state index contributed by atoms with van der Waals surface area (Å²) in [4.78, 5) is 30.7. The molecule has 1 aromatic heterocycles. The molecule has 0 saturated carbocycles. The number of aryl methyl sites for hydroxylation is 1. The maximum atomic E-state index is 15.4. The van der Waals surface area contributed by atoms with Crippen LogP contribution in [-0.2, 0) is 26.5 Å². The molecule has 11 nitrogen and oxygen atoms in total. The molecule has 0 bridgehead atoms. The number of para-hydroxylation sites is 1. The number of nitrogens with zero attached hydrogens (tertiary/aromatic N) is 4. The van der Waals surface area contributed by atoms with E-state index in [4.69, 9.17) is 9.47 Å². The van der Waals surface area contributed by atoms with Crippen molar-refractivity contribution in [2.24, 2.45) is 11.8 Å². The number of aliphatic hydroxyl groups is 1. The first kappa shape index (κ1) is 38.7. The van der Waals surface area contributed by atoms with Gasteiger partial charge in [0.15, 0.2) is 5.60 Å². The van der Waals surface area contributed by atoms with Gasteiger partial charge in [-0.2, -0.15) is 0 Å². The van der Waals surface area contributed by atoms with E-state index in [-0.39, 0.29) is 47.8 Å². The van der Waals surface area contributed by atoms with Crippen molar-refractivity contribution < 1.29 is 24.2 Å². The van der Waals surface area contributed by atoms with Gasteiger partial charge in [0, 0.05) is 42.1 Å². The van der Waals surface area contributed by atoms with Gasteiger partial charge in [0.1, 0.15) is 5.75 Å². The first-order valence-electron chi connectivity index (χ1n) is 20.1. The Hall–Kier alpha value is -5.14. The fourth-order valence-corrected chi connectivity index (χ4v) is 13.7. The number of carbonyl (C=O) groups is 2. The summed E-state index contributed by atoms with van der Waals surface area (Å²) >= 11 is 0. The summed E-state index contributed by atoms with van der Waals surface area (Å²) in [6, 6.07) is 33.8. The molecule has 0 aliphatic carbocycles. The van der Waals surface area contributed by atoms with Crippen LogP contribution in [0.5, 0.6) is 5.75 Å². The summed E-state index contributed by atoms with van der Waals surface area (Å²) in [7, 11) is -0.750. The van der Waals surface area contributed by atoms with Crippen molar-refractivity contribution in [2.75, 3.05) is 37.0 Å². The lowest BCUT2D eigenvalue weighted by atomic mass is 9.82. The molecule has 3 aliphatic rings. The van der Waals surface area contributed by atoms with Crippen LogP contribution >= 0.6 is 0 Å². The standard InChI is InChI=1S/C45H52N6O5Si/c1-30-42(57(3,4)36-20-18-35(55-2)19-21-36)41(23-25-50-28-39(48-49-50)37(29-52)31-12-7-5-8-13-31)56-45(30)38-26-33(47-43(53)32-14-11-24-46-27-32)17-22-40(38)51(44(45)54)34-15-9-6-10-16-34/h5-10,12-13,15-22,26,28,30,32,37,41-42,46,52H,11,14,23-25,27,29H2,1-4H3,(H,47,53)/t30-,32?,37?,41+,42-,45+/m1/s1. The minimum atomic E-state index is -2.42. The quantitative estimate of drug-likeness (QED) is 0.125. The van der Waals surface area contributed by atoms with E-state index in [0.29, 0.717) is 30.9 Å². The van der Waals surface area contributed by atoms with Gasteiger partial charge in [-0.1, -0.05) is 91.1 Å². The number of piperidine rings is 1. The lowest BCUT2D eigenvalue weighted by Crippen LogP contribution is -2.51. The molecule has 6 atom stereocenters. The summed E-state index contributed by atoms with van der Waals surface area (Å²) < 4.78 is 14.8. The van der Waals surface area contributed by atoms with Gasteiger partial charge in [-0.3, -0.25) is 19.2 Å². The zero-order chi connectivity index (χ0) is 39.7. The van der Waals surface area contributed by atoms with E-state index in [9.17, 15) is 9.90 Å². The minimum absolute atomic E-state index is 0.00230. The lowest BCUT2D eigenvalue weighted by molar-refractivity contribution is -0.145. The molecule has 3 N–H and O–H groups in total. The number of anilines is 3. The molecular weight excluding hydrogens is 733 g/mol. The number of hydrogen-bond donors (Lipinski definition) is 3. The molecular formula is C45H52N6O5Si. The Balaban J connectivity index is 1.18. The third kappa shape index (κ3) is 7.09. The van der Waals surface area contributed by atoms with Crippen LogP contribution in [0.1, 0.15) is 48.9 Å². The van der Waals surface area contributed by atoms with Crippen molar-refractivity contribution in [2.45, 2.75) is 69.0 Å². The number of hydrogen-bond acceptors (Lipinski definition) is 8. The molecule has 296 valence electrons. The second kappa shape index (κ2) is 16.0. The molecule has 2 saturated heterocycles. The summed E-state index contributed by atoms with van der Waals surface area (Å²) in [6.45, 7) is 8.91. The molecule has 4 heterocycles. The van der Waals surface area contributed by atoms with Gasteiger partial charge in [-0.25, -0.2) is 0 Å². The van der Waals surface area contributed by atoms with E-state index in [0.717, 1.165) is 47.6 Å². The van der Waals surface area contributed by atoms with Crippen molar-refractivity contribution in [3.63, 3.8) is 0 Å². The predicted octanol–water partition coefficient (Wildman–Crippen LogP) is 6.33. The van der Waals surface area contributed by atoms with E-state index in [1.165, 1.54) is 5.19 Å². The minimum Gasteiger partial charge on any atom is -0.497 e. The monoisotopic (exact) mass is 784 g/mol. The van der Waals surface area contributed by atoms with Crippen LogP contribution in [0.4, 0.5) is 17.1 Å². The molecule has 0 radical (unpaired) electrons. The second-order valence-electron chi connectivity index (χ2n) is 16.2. The summed E-state index contributed by atoms with van der Waals surface area (Å²) in [6.07, 6.45) is 3.97.